The van der Waals surface area contributed by atoms with Crippen molar-refractivity contribution in [3.05, 3.63) is 23.9 Å². The first-order valence-corrected chi connectivity index (χ1v) is 7.18. The van der Waals surface area contributed by atoms with E-state index in [4.69, 9.17) is 0 Å². The summed E-state index contributed by atoms with van der Waals surface area (Å²) in [5.74, 6) is 1.89. The first kappa shape index (κ1) is 14.3. The van der Waals surface area contributed by atoms with Gasteiger partial charge >= 0.3 is 0 Å². The molecule has 0 amide bonds. The molecule has 4 nitrogen and oxygen atoms in total. The van der Waals surface area contributed by atoms with Crippen LogP contribution in [0.1, 0.15) is 18.4 Å². The van der Waals surface area contributed by atoms with Gasteiger partial charge in [0.05, 0.1) is 0 Å². The molecule has 1 N–H and O–H groups in total. The standard InChI is InChI=1S/C15H26N4/c1-16-10-14-4-5-15(17-11-14)19(3)12-13-6-8-18(2)9-7-13/h4-5,11,13,16H,6-10,12H2,1-3H3. The molecule has 0 saturated carbocycles. The van der Waals surface area contributed by atoms with Crippen LogP contribution in [0.3, 0.4) is 0 Å². The van der Waals surface area contributed by atoms with Gasteiger partial charge in [-0.25, -0.2) is 4.98 Å². The molecule has 0 unspecified atom stereocenters. The minimum atomic E-state index is 0.806. The molecule has 2 heterocycles. The second-order valence-electron chi connectivity index (χ2n) is 5.68. The molecule has 0 radical (unpaired) electrons. The summed E-state index contributed by atoms with van der Waals surface area (Å²) in [7, 11) is 6.32. The molecule has 1 fully saturated rings. The minimum absolute atomic E-state index is 0.806. The molecule has 0 aliphatic carbocycles. The van der Waals surface area contributed by atoms with Crippen LogP contribution in [0, 0.1) is 5.92 Å². The Kier molecular flexibility index (Phi) is 5.16. The van der Waals surface area contributed by atoms with E-state index < -0.39 is 0 Å². The van der Waals surface area contributed by atoms with E-state index >= 15 is 0 Å². The number of nitrogens with zero attached hydrogens (tertiary/aromatic N) is 3. The van der Waals surface area contributed by atoms with Crippen LogP contribution in [0.2, 0.25) is 0 Å². The van der Waals surface area contributed by atoms with Crippen LogP contribution in [0.5, 0.6) is 0 Å². The Hall–Kier alpha value is -1.13. The zero-order chi connectivity index (χ0) is 13.7. The SMILES string of the molecule is CNCc1ccc(N(C)CC2CCN(C)CC2)nc1. The first-order valence-electron chi connectivity index (χ1n) is 7.18. The Labute approximate surface area is 116 Å². The van der Waals surface area contributed by atoms with Crippen LogP contribution in [-0.4, -0.2) is 50.7 Å². The third kappa shape index (κ3) is 4.18. The van der Waals surface area contributed by atoms with E-state index in [1.54, 1.807) is 0 Å². The highest BCUT2D eigenvalue weighted by molar-refractivity contribution is 5.38. The largest absolute Gasteiger partial charge is 0.359 e. The van der Waals surface area contributed by atoms with E-state index in [1.807, 2.05) is 13.2 Å². The van der Waals surface area contributed by atoms with Gasteiger partial charge in [0, 0.05) is 26.3 Å². The van der Waals surface area contributed by atoms with E-state index in [9.17, 15) is 0 Å². The lowest BCUT2D eigenvalue weighted by atomic mass is 9.97. The first-order chi connectivity index (χ1) is 9.19. The van der Waals surface area contributed by atoms with Crippen molar-refractivity contribution in [2.45, 2.75) is 19.4 Å². The predicted molar refractivity (Wildman–Crippen MR) is 80.5 cm³/mol. The zero-order valence-corrected chi connectivity index (χ0v) is 12.4. The molecule has 1 saturated heterocycles. The molecule has 19 heavy (non-hydrogen) atoms. The monoisotopic (exact) mass is 262 g/mol. The van der Waals surface area contributed by atoms with Crippen molar-refractivity contribution in [1.29, 1.82) is 0 Å². The molecule has 1 aromatic heterocycles. The molecule has 0 aromatic carbocycles. The molecule has 1 aliphatic heterocycles. The van der Waals surface area contributed by atoms with Crippen molar-refractivity contribution in [1.82, 2.24) is 15.2 Å². The fourth-order valence-electron chi connectivity index (χ4n) is 2.68. The summed E-state index contributed by atoms with van der Waals surface area (Å²) in [6.45, 7) is 4.46. The number of aromatic nitrogens is 1. The van der Waals surface area contributed by atoms with E-state index in [0.717, 1.165) is 24.8 Å². The average molecular weight is 262 g/mol. The molecule has 0 bridgehead atoms. The number of anilines is 1. The number of pyridine rings is 1. The lowest BCUT2D eigenvalue weighted by Gasteiger charge is -2.32. The summed E-state index contributed by atoms with van der Waals surface area (Å²) >= 11 is 0. The van der Waals surface area contributed by atoms with Gasteiger partial charge in [0.15, 0.2) is 0 Å². The van der Waals surface area contributed by atoms with Gasteiger partial charge in [-0.05, 0) is 57.6 Å². The summed E-state index contributed by atoms with van der Waals surface area (Å²) in [6, 6.07) is 4.28. The number of rotatable bonds is 5. The third-order valence-corrected chi connectivity index (χ3v) is 3.95. The maximum absolute atomic E-state index is 4.55. The topological polar surface area (TPSA) is 31.4 Å². The molecule has 1 aliphatic rings. The highest BCUT2D eigenvalue weighted by Gasteiger charge is 2.18. The van der Waals surface area contributed by atoms with Crippen LogP contribution in [-0.2, 0) is 6.54 Å². The van der Waals surface area contributed by atoms with Crippen molar-refractivity contribution in [3.8, 4) is 0 Å². The van der Waals surface area contributed by atoms with Gasteiger partial charge in [-0.2, -0.15) is 0 Å². The predicted octanol–water partition coefficient (Wildman–Crippen LogP) is 1.58. The average Bonchev–Trinajstić information content (AvgIpc) is 2.42. The minimum Gasteiger partial charge on any atom is -0.359 e. The molecule has 4 heteroatoms. The lowest BCUT2D eigenvalue weighted by Crippen LogP contribution is -2.35. The summed E-state index contributed by atoms with van der Waals surface area (Å²) < 4.78 is 0. The second kappa shape index (κ2) is 6.87. The molecule has 0 spiro atoms. The number of hydrogen-bond acceptors (Lipinski definition) is 4. The van der Waals surface area contributed by atoms with Gasteiger partial charge in [0.1, 0.15) is 5.82 Å². The maximum atomic E-state index is 4.55. The molecular formula is C15H26N4. The van der Waals surface area contributed by atoms with E-state index in [-0.39, 0.29) is 0 Å². The zero-order valence-electron chi connectivity index (χ0n) is 12.4. The van der Waals surface area contributed by atoms with Crippen molar-refractivity contribution in [2.75, 3.05) is 45.7 Å². The maximum Gasteiger partial charge on any atom is 0.128 e. The molecule has 2 rings (SSSR count). The van der Waals surface area contributed by atoms with E-state index in [0.29, 0.717) is 0 Å². The van der Waals surface area contributed by atoms with E-state index in [1.165, 1.54) is 31.5 Å². The molecule has 0 atom stereocenters. The van der Waals surface area contributed by atoms with Crippen LogP contribution in [0.15, 0.2) is 18.3 Å². The van der Waals surface area contributed by atoms with Crippen LogP contribution >= 0.6 is 0 Å². The Bertz CT molecular complexity index is 368. The number of hydrogen-bond donors (Lipinski definition) is 1. The highest BCUT2D eigenvalue weighted by Crippen LogP contribution is 2.19. The number of piperidine rings is 1. The Morgan fingerprint density at radius 3 is 2.68 bits per heavy atom. The number of nitrogens with one attached hydrogen (secondary N) is 1. The summed E-state index contributed by atoms with van der Waals surface area (Å²) in [6.07, 6.45) is 4.58. The van der Waals surface area contributed by atoms with Crippen molar-refractivity contribution >= 4 is 5.82 Å². The molecule has 106 valence electrons. The Balaban J connectivity index is 1.86. The van der Waals surface area contributed by atoms with Gasteiger partial charge in [-0.3, -0.25) is 0 Å². The van der Waals surface area contributed by atoms with Crippen LogP contribution in [0.25, 0.3) is 0 Å². The fraction of sp³-hybridized carbons (Fsp3) is 0.667. The lowest BCUT2D eigenvalue weighted by molar-refractivity contribution is 0.222. The molecular weight excluding hydrogens is 236 g/mol. The summed E-state index contributed by atoms with van der Waals surface area (Å²) in [5, 5.41) is 3.14. The van der Waals surface area contributed by atoms with E-state index in [2.05, 4.69) is 46.3 Å². The number of likely N-dealkylation sites (tertiary alicyclic amines) is 1. The van der Waals surface area contributed by atoms with Crippen molar-refractivity contribution < 1.29 is 0 Å². The highest BCUT2D eigenvalue weighted by atomic mass is 15.2. The third-order valence-electron chi connectivity index (χ3n) is 3.95. The molecule has 1 aromatic rings. The van der Waals surface area contributed by atoms with Crippen molar-refractivity contribution in [2.24, 2.45) is 5.92 Å². The Morgan fingerprint density at radius 1 is 1.37 bits per heavy atom. The normalized spacial score (nSPS) is 17.6. The smallest absolute Gasteiger partial charge is 0.128 e. The quantitative estimate of drug-likeness (QED) is 0.873. The van der Waals surface area contributed by atoms with Gasteiger partial charge in [0.25, 0.3) is 0 Å². The second-order valence-corrected chi connectivity index (χ2v) is 5.68. The summed E-state index contributed by atoms with van der Waals surface area (Å²) in [5.41, 5.74) is 1.24. The Morgan fingerprint density at radius 2 is 2.11 bits per heavy atom. The van der Waals surface area contributed by atoms with Gasteiger partial charge in [0.2, 0.25) is 0 Å². The summed E-state index contributed by atoms with van der Waals surface area (Å²) in [4.78, 5) is 9.26. The van der Waals surface area contributed by atoms with Crippen LogP contribution < -0.4 is 10.2 Å². The van der Waals surface area contributed by atoms with Gasteiger partial charge < -0.3 is 15.1 Å². The van der Waals surface area contributed by atoms with Crippen LogP contribution in [0.4, 0.5) is 5.82 Å². The van der Waals surface area contributed by atoms with Crippen molar-refractivity contribution in [3.63, 3.8) is 0 Å². The fourth-order valence-corrected chi connectivity index (χ4v) is 2.68. The van der Waals surface area contributed by atoms with Gasteiger partial charge in [-0.15, -0.1) is 0 Å². The van der Waals surface area contributed by atoms with Gasteiger partial charge in [-0.1, -0.05) is 6.07 Å².